The molecule has 1 aliphatic carbocycles. The van der Waals surface area contributed by atoms with E-state index in [0.29, 0.717) is 22.8 Å². The number of hydrogen-bond acceptors (Lipinski definition) is 4. The lowest BCUT2D eigenvalue weighted by atomic mass is 9.89. The van der Waals surface area contributed by atoms with E-state index < -0.39 is 11.7 Å². The Hall–Kier alpha value is -4.07. The summed E-state index contributed by atoms with van der Waals surface area (Å²) in [5.41, 5.74) is 2.79. The Kier molecular flexibility index (Phi) is 6.03. The maximum Gasteiger partial charge on any atom is 0.258 e. The number of benzene rings is 2. The van der Waals surface area contributed by atoms with Gasteiger partial charge in [0.05, 0.1) is 22.8 Å². The van der Waals surface area contributed by atoms with Crippen LogP contribution in [0.3, 0.4) is 0 Å². The average molecular weight is 458 g/mol. The van der Waals surface area contributed by atoms with E-state index in [9.17, 15) is 14.0 Å². The molecule has 0 bridgehead atoms. The number of hydrogen-bond donors (Lipinski definition) is 3. The lowest BCUT2D eigenvalue weighted by Crippen LogP contribution is -2.25. The zero-order chi connectivity index (χ0) is 23.5. The van der Waals surface area contributed by atoms with Crippen molar-refractivity contribution in [2.45, 2.75) is 32.1 Å². The molecule has 3 N–H and O–H groups in total. The summed E-state index contributed by atoms with van der Waals surface area (Å²) < 4.78 is 13.8. The summed E-state index contributed by atoms with van der Waals surface area (Å²) >= 11 is 0. The molecule has 5 rings (SSSR count). The van der Waals surface area contributed by atoms with Crippen LogP contribution in [-0.2, 0) is 4.79 Å². The van der Waals surface area contributed by atoms with Gasteiger partial charge in [0.1, 0.15) is 17.5 Å². The summed E-state index contributed by atoms with van der Waals surface area (Å²) in [6.07, 6.45) is 6.90. The monoisotopic (exact) mass is 457 g/mol. The molecule has 0 spiro atoms. The summed E-state index contributed by atoms with van der Waals surface area (Å²) in [6.45, 7) is 0. The smallest absolute Gasteiger partial charge is 0.258 e. The fourth-order valence-electron chi connectivity index (χ4n) is 4.26. The molecule has 172 valence electrons. The minimum atomic E-state index is -0.568. The molecule has 1 saturated carbocycles. The number of H-pyrrole nitrogens is 1. The first-order chi connectivity index (χ1) is 16.6. The number of pyridine rings is 1. The van der Waals surface area contributed by atoms with Crippen molar-refractivity contribution in [3.63, 3.8) is 0 Å². The number of aromatic amines is 1. The molecule has 0 saturated heterocycles. The first kappa shape index (κ1) is 21.8. The van der Waals surface area contributed by atoms with Gasteiger partial charge in [-0.05, 0) is 49.2 Å². The number of carbonyl (C=O) groups is 2. The molecular formula is C26H24FN5O2. The van der Waals surface area contributed by atoms with Crippen LogP contribution < -0.4 is 10.6 Å². The SMILES string of the molecule is O=C(Nc1ccc(-c2nc3cc(NC(=O)C4CCCCC4)ncc3[nH]2)cc1)c1ccccc1F. The first-order valence-electron chi connectivity index (χ1n) is 11.4. The molecule has 0 unspecified atom stereocenters. The van der Waals surface area contributed by atoms with Crippen LogP contribution in [0.1, 0.15) is 42.5 Å². The van der Waals surface area contributed by atoms with Crippen molar-refractivity contribution < 1.29 is 14.0 Å². The molecule has 0 atom stereocenters. The fraction of sp³-hybridized carbons (Fsp3) is 0.231. The van der Waals surface area contributed by atoms with Gasteiger partial charge in [0.25, 0.3) is 5.91 Å². The van der Waals surface area contributed by atoms with E-state index in [1.165, 1.54) is 24.6 Å². The highest BCUT2D eigenvalue weighted by molar-refractivity contribution is 6.04. The fourth-order valence-corrected chi connectivity index (χ4v) is 4.26. The molecule has 7 nitrogen and oxygen atoms in total. The van der Waals surface area contributed by atoms with Crippen molar-refractivity contribution in [3.05, 3.63) is 72.2 Å². The largest absolute Gasteiger partial charge is 0.337 e. The van der Waals surface area contributed by atoms with E-state index in [2.05, 4.69) is 25.6 Å². The maximum absolute atomic E-state index is 13.8. The summed E-state index contributed by atoms with van der Waals surface area (Å²) in [5, 5.41) is 5.62. The molecule has 0 radical (unpaired) electrons. The van der Waals surface area contributed by atoms with Gasteiger partial charge < -0.3 is 15.6 Å². The van der Waals surface area contributed by atoms with Gasteiger partial charge in [-0.3, -0.25) is 9.59 Å². The van der Waals surface area contributed by atoms with Gasteiger partial charge in [-0.2, -0.15) is 0 Å². The van der Waals surface area contributed by atoms with E-state index >= 15 is 0 Å². The first-order valence-corrected chi connectivity index (χ1v) is 11.4. The number of fused-ring (bicyclic) bond motifs is 1. The number of aromatic nitrogens is 3. The van der Waals surface area contributed by atoms with Crippen LogP contribution >= 0.6 is 0 Å². The molecule has 8 heteroatoms. The van der Waals surface area contributed by atoms with Crippen molar-refractivity contribution in [2.75, 3.05) is 10.6 Å². The number of imidazole rings is 1. The van der Waals surface area contributed by atoms with E-state index in [4.69, 9.17) is 0 Å². The third-order valence-electron chi connectivity index (χ3n) is 6.13. The Bertz CT molecular complexity index is 1340. The second kappa shape index (κ2) is 9.43. The van der Waals surface area contributed by atoms with E-state index in [-0.39, 0.29) is 17.4 Å². The Morgan fingerprint density at radius 1 is 0.971 bits per heavy atom. The van der Waals surface area contributed by atoms with Gasteiger partial charge in [-0.25, -0.2) is 14.4 Å². The van der Waals surface area contributed by atoms with E-state index in [1.807, 2.05) is 12.1 Å². The minimum absolute atomic E-state index is 0.0113. The molecule has 0 aliphatic heterocycles. The third-order valence-corrected chi connectivity index (χ3v) is 6.13. The Morgan fingerprint density at radius 2 is 1.74 bits per heavy atom. The highest BCUT2D eigenvalue weighted by Crippen LogP contribution is 2.26. The molecule has 34 heavy (non-hydrogen) atoms. The van der Waals surface area contributed by atoms with Crippen LogP contribution in [0.2, 0.25) is 0 Å². The van der Waals surface area contributed by atoms with E-state index in [1.54, 1.807) is 30.5 Å². The number of nitrogens with one attached hydrogen (secondary N) is 3. The molecule has 2 amide bonds. The van der Waals surface area contributed by atoms with Crippen molar-refractivity contribution >= 4 is 34.4 Å². The van der Waals surface area contributed by atoms with Crippen molar-refractivity contribution in [1.82, 2.24) is 15.0 Å². The van der Waals surface area contributed by atoms with Gasteiger partial charge in [-0.1, -0.05) is 31.4 Å². The zero-order valence-electron chi connectivity index (χ0n) is 18.5. The second-order valence-corrected chi connectivity index (χ2v) is 8.51. The second-order valence-electron chi connectivity index (χ2n) is 8.51. The normalized spacial score (nSPS) is 14.1. The molecule has 2 heterocycles. The summed E-state index contributed by atoms with van der Waals surface area (Å²) in [4.78, 5) is 37.0. The predicted octanol–water partition coefficient (Wildman–Crippen LogP) is 5.54. The molecule has 1 fully saturated rings. The molecular weight excluding hydrogens is 433 g/mol. The van der Waals surface area contributed by atoms with Crippen LogP contribution in [-0.4, -0.2) is 26.8 Å². The van der Waals surface area contributed by atoms with Crippen LogP contribution in [0.5, 0.6) is 0 Å². The number of rotatable bonds is 5. The lowest BCUT2D eigenvalue weighted by molar-refractivity contribution is -0.120. The van der Waals surface area contributed by atoms with Crippen molar-refractivity contribution in [1.29, 1.82) is 0 Å². The van der Waals surface area contributed by atoms with Gasteiger partial charge in [-0.15, -0.1) is 0 Å². The van der Waals surface area contributed by atoms with Gasteiger partial charge in [0.15, 0.2) is 0 Å². The quantitative estimate of drug-likeness (QED) is 0.367. The zero-order valence-corrected chi connectivity index (χ0v) is 18.5. The highest BCUT2D eigenvalue weighted by Gasteiger charge is 2.21. The van der Waals surface area contributed by atoms with Crippen molar-refractivity contribution in [2.24, 2.45) is 5.92 Å². The molecule has 2 aromatic heterocycles. The summed E-state index contributed by atoms with van der Waals surface area (Å²) in [6, 6.07) is 14.7. The van der Waals surface area contributed by atoms with Crippen LogP contribution in [0.15, 0.2) is 60.8 Å². The number of anilines is 2. The maximum atomic E-state index is 13.8. The molecule has 4 aromatic rings. The van der Waals surface area contributed by atoms with Crippen LogP contribution in [0.4, 0.5) is 15.9 Å². The standard InChI is InChI=1S/C26H24FN5O2/c27-20-9-5-4-8-19(20)26(34)29-18-12-10-16(11-13-18)24-30-21-14-23(28-15-22(21)31-24)32-25(33)17-6-2-1-3-7-17/h4-5,8-15,17H,1-3,6-7H2,(H,29,34)(H,30,31)(H,28,32,33). The minimum Gasteiger partial charge on any atom is -0.337 e. The van der Waals surface area contributed by atoms with Crippen LogP contribution in [0.25, 0.3) is 22.4 Å². The van der Waals surface area contributed by atoms with Gasteiger partial charge >= 0.3 is 0 Å². The number of amides is 2. The number of halogens is 1. The van der Waals surface area contributed by atoms with Crippen molar-refractivity contribution in [3.8, 4) is 11.4 Å². The Morgan fingerprint density at radius 3 is 2.50 bits per heavy atom. The number of carbonyl (C=O) groups excluding carboxylic acids is 2. The third kappa shape index (κ3) is 4.66. The molecule has 1 aliphatic rings. The average Bonchev–Trinajstić information content (AvgIpc) is 3.29. The number of nitrogens with zero attached hydrogens (tertiary/aromatic N) is 2. The predicted molar refractivity (Wildman–Crippen MR) is 129 cm³/mol. The topological polar surface area (TPSA) is 99.8 Å². The Balaban J connectivity index is 1.29. The summed E-state index contributed by atoms with van der Waals surface area (Å²) in [5.74, 6) is 0.130. The Labute approximate surface area is 195 Å². The molecule has 2 aromatic carbocycles. The van der Waals surface area contributed by atoms with Crippen LogP contribution in [0, 0.1) is 11.7 Å². The lowest BCUT2D eigenvalue weighted by Gasteiger charge is -2.20. The summed E-state index contributed by atoms with van der Waals surface area (Å²) in [7, 11) is 0. The highest BCUT2D eigenvalue weighted by atomic mass is 19.1. The van der Waals surface area contributed by atoms with E-state index in [0.717, 1.165) is 36.8 Å². The van der Waals surface area contributed by atoms with Gasteiger partial charge in [0.2, 0.25) is 5.91 Å². The van der Waals surface area contributed by atoms with Gasteiger partial charge in [0, 0.05) is 23.2 Å².